The third-order valence-electron chi connectivity index (χ3n) is 5.26. The Bertz CT molecular complexity index is 1420. The minimum atomic E-state index is -0.528. The summed E-state index contributed by atoms with van der Waals surface area (Å²) in [6.07, 6.45) is 1.46. The maximum atomic E-state index is 12.2. The number of carbonyl (C=O) groups is 1. The highest BCUT2D eigenvalue weighted by atomic mass is 79.9. The average Bonchev–Trinajstić information content (AvgIpc) is 2.88. The van der Waals surface area contributed by atoms with Crippen molar-refractivity contribution in [3.05, 3.63) is 110 Å². The molecule has 0 aromatic heterocycles. The lowest BCUT2D eigenvalue weighted by atomic mass is 10.1. The number of nitro groups is 1. The molecule has 4 aromatic carbocycles. The Hall–Kier alpha value is -4.24. The topological polar surface area (TPSA) is 103 Å². The summed E-state index contributed by atoms with van der Waals surface area (Å²) in [4.78, 5) is 22.5. The Morgan fingerprint density at radius 1 is 1.06 bits per heavy atom. The molecule has 0 fully saturated rings. The Balaban J connectivity index is 1.45. The summed E-state index contributed by atoms with van der Waals surface area (Å²) in [6, 6.07) is 23.0. The second kappa shape index (κ2) is 10.8. The van der Waals surface area contributed by atoms with Gasteiger partial charge in [0, 0.05) is 27.7 Å². The summed E-state index contributed by atoms with van der Waals surface area (Å²) in [5.74, 6) is 0.574. The van der Waals surface area contributed by atoms with Crippen LogP contribution in [-0.2, 0) is 6.61 Å². The molecule has 0 heterocycles. The van der Waals surface area contributed by atoms with E-state index in [0.717, 1.165) is 16.3 Å². The first-order chi connectivity index (χ1) is 17.0. The lowest BCUT2D eigenvalue weighted by Gasteiger charge is -2.14. The zero-order valence-corrected chi connectivity index (χ0v) is 20.2. The Morgan fingerprint density at radius 2 is 1.80 bits per heavy atom. The first-order valence-electron chi connectivity index (χ1n) is 10.5. The van der Waals surface area contributed by atoms with Crippen LogP contribution >= 0.6 is 15.9 Å². The highest BCUT2D eigenvalue weighted by Gasteiger charge is 2.12. The second-order valence-electron chi connectivity index (χ2n) is 7.45. The second-order valence-corrected chi connectivity index (χ2v) is 8.31. The number of hydrogen-bond acceptors (Lipinski definition) is 6. The van der Waals surface area contributed by atoms with Crippen LogP contribution in [0, 0.1) is 10.1 Å². The van der Waals surface area contributed by atoms with E-state index in [1.807, 2.05) is 24.3 Å². The predicted molar refractivity (Wildman–Crippen MR) is 137 cm³/mol. The number of amides is 1. The van der Waals surface area contributed by atoms with Gasteiger partial charge in [0.15, 0.2) is 11.5 Å². The number of hydrazone groups is 1. The van der Waals surface area contributed by atoms with E-state index in [0.29, 0.717) is 28.1 Å². The van der Waals surface area contributed by atoms with Gasteiger partial charge in [-0.05, 0) is 56.5 Å². The summed E-state index contributed by atoms with van der Waals surface area (Å²) in [7, 11) is 1.55. The van der Waals surface area contributed by atoms with Crippen molar-refractivity contribution in [3.63, 3.8) is 0 Å². The van der Waals surface area contributed by atoms with Crippen LogP contribution < -0.4 is 14.9 Å². The van der Waals surface area contributed by atoms with Gasteiger partial charge in [-0.1, -0.05) is 42.5 Å². The number of hydrogen-bond donors (Lipinski definition) is 1. The van der Waals surface area contributed by atoms with Crippen molar-refractivity contribution in [1.82, 2.24) is 5.43 Å². The van der Waals surface area contributed by atoms with Crippen LogP contribution in [0.15, 0.2) is 88.4 Å². The summed E-state index contributed by atoms with van der Waals surface area (Å²) in [6.45, 7) is 0.364. The number of halogens is 1. The van der Waals surface area contributed by atoms with Gasteiger partial charge in [-0.15, -0.1) is 0 Å². The molecule has 0 saturated carbocycles. The fourth-order valence-corrected chi connectivity index (χ4v) is 3.88. The normalized spacial score (nSPS) is 10.9. The number of benzene rings is 4. The summed E-state index contributed by atoms with van der Waals surface area (Å²) < 4.78 is 12.3. The van der Waals surface area contributed by atoms with Crippen LogP contribution in [0.5, 0.6) is 11.5 Å². The molecule has 4 aromatic rings. The van der Waals surface area contributed by atoms with E-state index < -0.39 is 10.8 Å². The Labute approximate surface area is 209 Å². The van der Waals surface area contributed by atoms with Gasteiger partial charge in [0.25, 0.3) is 11.6 Å². The zero-order chi connectivity index (χ0) is 24.8. The summed E-state index contributed by atoms with van der Waals surface area (Å²) >= 11 is 3.51. The molecule has 0 spiro atoms. The van der Waals surface area contributed by atoms with E-state index in [9.17, 15) is 14.9 Å². The maximum Gasteiger partial charge on any atom is 0.271 e. The molecule has 0 aliphatic heterocycles. The van der Waals surface area contributed by atoms with Crippen LogP contribution in [-0.4, -0.2) is 24.2 Å². The van der Waals surface area contributed by atoms with Crippen molar-refractivity contribution in [3.8, 4) is 11.5 Å². The highest BCUT2D eigenvalue weighted by Crippen LogP contribution is 2.34. The number of nitrogens with one attached hydrogen (secondary N) is 1. The number of nitro benzene ring substituents is 1. The monoisotopic (exact) mass is 533 g/mol. The molecule has 0 saturated heterocycles. The van der Waals surface area contributed by atoms with E-state index in [1.54, 1.807) is 19.2 Å². The van der Waals surface area contributed by atoms with Gasteiger partial charge in [0.05, 0.1) is 18.2 Å². The predicted octanol–water partition coefficient (Wildman–Crippen LogP) is 5.86. The highest BCUT2D eigenvalue weighted by molar-refractivity contribution is 9.10. The van der Waals surface area contributed by atoms with Gasteiger partial charge in [-0.25, -0.2) is 5.43 Å². The van der Waals surface area contributed by atoms with E-state index >= 15 is 0 Å². The lowest BCUT2D eigenvalue weighted by molar-refractivity contribution is -0.384. The number of rotatable bonds is 8. The fourth-order valence-electron chi connectivity index (χ4n) is 3.46. The number of methoxy groups -OCH3 is 1. The van der Waals surface area contributed by atoms with Crippen molar-refractivity contribution >= 4 is 44.5 Å². The minimum Gasteiger partial charge on any atom is -0.493 e. The van der Waals surface area contributed by atoms with Gasteiger partial charge in [-0.2, -0.15) is 5.10 Å². The molecule has 0 unspecified atom stereocenters. The van der Waals surface area contributed by atoms with Crippen LogP contribution in [0.3, 0.4) is 0 Å². The molecular formula is C26H20BrN3O5. The van der Waals surface area contributed by atoms with Gasteiger partial charge < -0.3 is 9.47 Å². The van der Waals surface area contributed by atoms with Crippen molar-refractivity contribution in [2.75, 3.05) is 7.11 Å². The number of nitrogens with zero attached hydrogens (tertiary/aromatic N) is 2. The Morgan fingerprint density at radius 3 is 2.54 bits per heavy atom. The number of fused-ring (bicyclic) bond motifs is 1. The fraction of sp³-hybridized carbons (Fsp3) is 0.0769. The first kappa shape index (κ1) is 23.9. The number of ether oxygens (including phenoxy) is 2. The average molecular weight is 534 g/mol. The zero-order valence-electron chi connectivity index (χ0n) is 18.6. The molecule has 1 N–H and O–H groups in total. The van der Waals surface area contributed by atoms with Crippen LogP contribution in [0.4, 0.5) is 5.69 Å². The number of carbonyl (C=O) groups excluding carboxylic acids is 1. The molecule has 35 heavy (non-hydrogen) atoms. The number of non-ortho nitro benzene ring substituents is 1. The van der Waals surface area contributed by atoms with E-state index in [2.05, 4.69) is 44.7 Å². The van der Waals surface area contributed by atoms with Gasteiger partial charge in [0.2, 0.25) is 0 Å². The first-order valence-corrected chi connectivity index (χ1v) is 11.3. The SMILES string of the molecule is COc1cc(/C=N/NC(=O)c2ccc([N+](=O)[O-])cc2)c(Br)cc1OCc1cccc2ccccc12. The third-order valence-corrected chi connectivity index (χ3v) is 5.94. The quantitative estimate of drug-likeness (QED) is 0.173. The minimum absolute atomic E-state index is 0.0937. The van der Waals surface area contributed by atoms with Gasteiger partial charge >= 0.3 is 0 Å². The van der Waals surface area contributed by atoms with Crippen molar-refractivity contribution in [1.29, 1.82) is 0 Å². The molecule has 9 heteroatoms. The molecular weight excluding hydrogens is 514 g/mol. The Kier molecular flexibility index (Phi) is 7.37. The smallest absolute Gasteiger partial charge is 0.271 e. The molecule has 0 aliphatic carbocycles. The molecule has 0 radical (unpaired) electrons. The third kappa shape index (κ3) is 5.64. The molecule has 0 atom stereocenters. The molecule has 0 bridgehead atoms. The van der Waals surface area contributed by atoms with Crippen LogP contribution in [0.25, 0.3) is 10.8 Å². The van der Waals surface area contributed by atoms with E-state index in [1.165, 1.54) is 30.5 Å². The molecule has 176 valence electrons. The molecule has 0 aliphatic rings. The lowest BCUT2D eigenvalue weighted by Crippen LogP contribution is -2.17. The van der Waals surface area contributed by atoms with Gasteiger partial charge in [0.1, 0.15) is 6.61 Å². The standard InChI is InChI=1S/C26H20BrN3O5/c1-34-24-13-20(15-28-29-26(31)18-9-11-21(12-10-18)30(32)33)23(27)14-25(24)35-16-19-7-4-6-17-5-2-3-8-22(17)19/h2-15H,16H2,1H3,(H,29,31)/b28-15+. The van der Waals surface area contributed by atoms with Crippen LogP contribution in [0.1, 0.15) is 21.5 Å². The summed E-state index contributed by atoms with van der Waals surface area (Å²) in [5.41, 5.74) is 4.28. The maximum absolute atomic E-state index is 12.2. The van der Waals surface area contributed by atoms with Crippen LogP contribution in [0.2, 0.25) is 0 Å². The van der Waals surface area contributed by atoms with E-state index in [-0.39, 0.29) is 11.3 Å². The molecule has 4 rings (SSSR count). The largest absolute Gasteiger partial charge is 0.493 e. The molecule has 8 nitrogen and oxygen atoms in total. The van der Waals surface area contributed by atoms with Crippen molar-refractivity contribution < 1.29 is 19.2 Å². The summed E-state index contributed by atoms with van der Waals surface area (Å²) in [5, 5.41) is 17.0. The molecule has 1 amide bonds. The van der Waals surface area contributed by atoms with Crippen molar-refractivity contribution in [2.24, 2.45) is 5.10 Å². The van der Waals surface area contributed by atoms with Crippen molar-refractivity contribution in [2.45, 2.75) is 6.61 Å². The van der Waals surface area contributed by atoms with Gasteiger partial charge in [-0.3, -0.25) is 14.9 Å². The van der Waals surface area contributed by atoms with E-state index in [4.69, 9.17) is 9.47 Å².